The van der Waals surface area contributed by atoms with Crippen LogP contribution in [0.15, 0.2) is 53.3 Å². The van der Waals surface area contributed by atoms with E-state index in [4.69, 9.17) is 9.47 Å². The average Bonchev–Trinajstić information content (AvgIpc) is 3.38. The van der Waals surface area contributed by atoms with Crippen LogP contribution in [0.25, 0.3) is 0 Å². The summed E-state index contributed by atoms with van der Waals surface area (Å²) in [6.45, 7) is 2.14. The van der Waals surface area contributed by atoms with Crippen LogP contribution in [0.4, 0.5) is 0 Å². The van der Waals surface area contributed by atoms with Crippen LogP contribution in [0.3, 0.4) is 0 Å². The van der Waals surface area contributed by atoms with Gasteiger partial charge in [-0.25, -0.2) is 4.79 Å². The van der Waals surface area contributed by atoms with Gasteiger partial charge in [-0.15, -0.1) is 0 Å². The largest absolute Gasteiger partial charge is 0.508 e. The second kappa shape index (κ2) is 8.62. The second-order valence-electron chi connectivity index (χ2n) is 8.19. The van der Waals surface area contributed by atoms with Crippen LogP contribution in [0, 0.1) is 11.8 Å². The molecule has 1 aromatic rings. The first-order valence-corrected chi connectivity index (χ1v) is 10.4. The van der Waals surface area contributed by atoms with Crippen molar-refractivity contribution in [3.8, 4) is 0 Å². The van der Waals surface area contributed by atoms with Gasteiger partial charge in [-0.3, -0.25) is 4.79 Å². The van der Waals surface area contributed by atoms with Crippen molar-refractivity contribution in [1.82, 2.24) is 5.32 Å². The van der Waals surface area contributed by atoms with Crippen molar-refractivity contribution in [2.24, 2.45) is 11.8 Å². The maximum absolute atomic E-state index is 13.0. The van der Waals surface area contributed by atoms with Crippen LogP contribution in [0.2, 0.25) is 0 Å². The summed E-state index contributed by atoms with van der Waals surface area (Å²) >= 11 is 0. The Balaban J connectivity index is 1.58. The maximum atomic E-state index is 13.0. The lowest BCUT2D eigenvalue weighted by molar-refractivity contribution is -0.165. The maximum Gasteiger partial charge on any atom is 0.337 e. The minimum Gasteiger partial charge on any atom is -0.508 e. The minimum atomic E-state index is -1.56. The second-order valence-corrected chi connectivity index (χ2v) is 8.19. The molecule has 5 unspecified atom stereocenters. The van der Waals surface area contributed by atoms with Gasteiger partial charge >= 0.3 is 5.97 Å². The summed E-state index contributed by atoms with van der Waals surface area (Å²) in [5.41, 5.74) is 2.43. The molecule has 0 spiro atoms. The number of carbonyl (C=O) groups excluding carboxylic acids is 2. The fourth-order valence-corrected chi connectivity index (χ4v) is 4.80. The minimum absolute atomic E-state index is 0.0995. The highest BCUT2D eigenvalue weighted by Gasteiger charge is 2.45. The third-order valence-corrected chi connectivity index (χ3v) is 6.22. The Morgan fingerprint density at radius 2 is 2.00 bits per heavy atom. The number of ether oxygens (including phenoxy) is 2. The summed E-state index contributed by atoms with van der Waals surface area (Å²) in [5, 5.41) is 24.0. The van der Waals surface area contributed by atoms with Crippen LogP contribution < -0.4 is 5.32 Å². The van der Waals surface area contributed by atoms with E-state index >= 15 is 0 Å². The quantitative estimate of drug-likeness (QED) is 0.640. The molecule has 1 amide bonds. The van der Waals surface area contributed by atoms with Gasteiger partial charge in [0.1, 0.15) is 11.9 Å². The number of hydrogen-bond donors (Lipinski definition) is 3. The predicted molar refractivity (Wildman–Crippen MR) is 108 cm³/mol. The molecule has 3 aliphatic rings. The Hall–Kier alpha value is -2.64. The van der Waals surface area contributed by atoms with Gasteiger partial charge in [0.05, 0.1) is 19.3 Å². The summed E-state index contributed by atoms with van der Waals surface area (Å²) < 4.78 is 11.5. The first kappa shape index (κ1) is 20.6. The summed E-state index contributed by atoms with van der Waals surface area (Å²) in [7, 11) is 0. The number of nitrogens with one attached hydrogen (secondary N) is 1. The van der Waals surface area contributed by atoms with Gasteiger partial charge in [0.25, 0.3) is 0 Å². The summed E-state index contributed by atoms with van der Waals surface area (Å²) in [5.74, 6) is -1.15. The lowest BCUT2D eigenvalue weighted by Gasteiger charge is -2.31. The number of benzene rings is 1. The molecule has 3 N–H and O–H groups in total. The summed E-state index contributed by atoms with van der Waals surface area (Å²) in [6.07, 6.45) is 2.16. The van der Waals surface area contributed by atoms with Crippen molar-refractivity contribution in [2.75, 3.05) is 13.2 Å². The van der Waals surface area contributed by atoms with Crippen LogP contribution in [0.5, 0.6) is 0 Å². The molecule has 2 aliphatic carbocycles. The smallest absolute Gasteiger partial charge is 0.337 e. The van der Waals surface area contributed by atoms with Gasteiger partial charge in [-0.2, -0.15) is 0 Å². The van der Waals surface area contributed by atoms with Gasteiger partial charge in [0.2, 0.25) is 5.91 Å². The van der Waals surface area contributed by atoms with E-state index in [1.807, 2.05) is 6.07 Å². The molecule has 7 nitrogen and oxygen atoms in total. The lowest BCUT2D eigenvalue weighted by Crippen LogP contribution is -2.44. The third-order valence-electron chi connectivity index (χ3n) is 6.22. The Morgan fingerprint density at radius 3 is 2.73 bits per heavy atom. The van der Waals surface area contributed by atoms with Crippen molar-refractivity contribution in [1.29, 1.82) is 0 Å². The number of aliphatic hydroxyl groups excluding tert-OH is 2. The Labute approximate surface area is 175 Å². The summed E-state index contributed by atoms with van der Waals surface area (Å²) in [6, 6.07) is 7.94. The average molecular weight is 413 g/mol. The van der Waals surface area contributed by atoms with E-state index in [0.29, 0.717) is 18.8 Å². The van der Waals surface area contributed by atoms with E-state index in [9.17, 15) is 19.8 Å². The van der Waals surface area contributed by atoms with E-state index in [-0.39, 0.29) is 23.5 Å². The first-order valence-electron chi connectivity index (χ1n) is 10.4. The zero-order chi connectivity index (χ0) is 21.3. The van der Waals surface area contributed by atoms with Crippen LogP contribution >= 0.6 is 0 Å². The van der Waals surface area contributed by atoms with Crippen molar-refractivity contribution in [3.05, 3.63) is 58.9 Å². The first-order chi connectivity index (χ1) is 14.5. The van der Waals surface area contributed by atoms with Crippen LogP contribution in [-0.4, -0.2) is 47.5 Å². The molecule has 1 heterocycles. The summed E-state index contributed by atoms with van der Waals surface area (Å²) in [4.78, 5) is 24.7. The van der Waals surface area contributed by atoms with Crippen LogP contribution in [0.1, 0.15) is 37.8 Å². The number of fused-ring (bicyclic) bond motifs is 2. The normalized spacial score (nSPS) is 27.4. The van der Waals surface area contributed by atoms with Gasteiger partial charge in [0.15, 0.2) is 6.10 Å². The molecule has 30 heavy (non-hydrogen) atoms. The number of esters is 1. The van der Waals surface area contributed by atoms with Crippen molar-refractivity contribution in [3.63, 3.8) is 0 Å². The predicted octanol–water partition coefficient (Wildman–Crippen LogP) is 2.34. The van der Waals surface area contributed by atoms with Crippen molar-refractivity contribution < 1.29 is 29.3 Å². The number of hydrogen-bond acceptors (Lipinski definition) is 6. The zero-order valence-corrected chi connectivity index (χ0v) is 16.9. The van der Waals surface area contributed by atoms with Gasteiger partial charge < -0.3 is 25.0 Å². The molecule has 160 valence electrons. The number of amides is 1. The number of allylic oxidation sites excluding steroid dienone is 1. The molecule has 2 fully saturated rings. The Morgan fingerprint density at radius 1 is 1.23 bits per heavy atom. The van der Waals surface area contributed by atoms with Crippen LogP contribution in [-0.2, 0) is 19.1 Å². The molecule has 0 radical (unpaired) electrons. The molecule has 7 heteroatoms. The lowest BCUT2D eigenvalue weighted by atomic mass is 9.86. The number of rotatable bonds is 5. The highest BCUT2D eigenvalue weighted by molar-refractivity contribution is 5.79. The molecule has 1 saturated heterocycles. The molecule has 1 aliphatic heterocycles. The molecule has 1 saturated carbocycles. The van der Waals surface area contributed by atoms with Crippen molar-refractivity contribution in [2.45, 2.75) is 44.4 Å². The van der Waals surface area contributed by atoms with E-state index in [0.717, 1.165) is 30.4 Å². The standard InChI is InChI=1S/C23H27NO6/c1-13(25)24-20(14-6-3-2-4-7-14)21(27)23(28)30-22-17-9-5-8-16(17)19(26)10-15-11-29-12-18(15)22/h2-4,6-7,10,17-18,20-22,26-27H,5,8-9,11-12H2,1H3,(H,24,25). The van der Waals surface area contributed by atoms with E-state index in [2.05, 4.69) is 5.32 Å². The Kier molecular flexibility index (Phi) is 5.92. The Bertz CT molecular complexity index is 877. The molecular weight excluding hydrogens is 386 g/mol. The third kappa shape index (κ3) is 4.00. The molecular formula is C23H27NO6. The number of carbonyl (C=O) groups is 2. The fourth-order valence-electron chi connectivity index (χ4n) is 4.80. The SMILES string of the molecule is CC(=O)NC(c1ccccc1)C(O)C(=O)OC1C2COCC2=CC(O)=C2CCCC21. The van der Waals surface area contributed by atoms with E-state index in [1.165, 1.54) is 6.92 Å². The topological polar surface area (TPSA) is 105 Å². The van der Waals surface area contributed by atoms with Crippen molar-refractivity contribution >= 4 is 11.9 Å². The molecule has 4 rings (SSSR count). The zero-order valence-electron chi connectivity index (χ0n) is 16.9. The highest BCUT2D eigenvalue weighted by Crippen LogP contribution is 2.44. The molecule has 0 bridgehead atoms. The van der Waals surface area contributed by atoms with E-state index < -0.39 is 24.2 Å². The van der Waals surface area contributed by atoms with Gasteiger partial charge in [-0.1, -0.05) is 30.3 Å². The highest BCUT2D eigenvalue weighted by atomic mass is 16.6. The fraction of sp³-hybridized carbons (Fsp3) is 0.478. The van der Waals surface area contributed by atoms with Gasteiger partial charge in [0, 0.05) is 18.8 Å². The molecule has 5 atom stereocenters. The van der Waals surface area contributed by atoms with E-state index in [1.54, 1.807) is 30.3 Å². The molecule has 1 aromatic carbocycles. The van der Waals surface area contributed by atoms with Gasteiger partial charge in [-0.05, 0) is 42.0 Å². The molecule has 0 aromatic heterocycles. The number of aliphatic hydroxyl groups is 2. The monoisotopic (exact) mass is 413 g/mol.